The van der Waals surface area contributed by atoms with E-state index in [1.165, 1.54) is 6.07 Å². The molecule has 5 nitrogen and oxygen atoms in total. The van der Waals surface area contributed by atoms with Gasteiger partial charge in [-0.2, -0.15) is 0 Å². The van der Waals surface area contributed by atoms with Crippen LogP contribution in [0.3, 0.4) is 0 Å². The van der Waals surface area contributed by atoms with Gasteiger partial charge in [-0.3, -0.25) is 0 Å². The van der Waals surface area contributed by atoms with Crippen molar-refractivity contribution in [1.29, 1.82) is 0 Å². The maximum Gasteiger partial charge on any atom is 0.347 e. The number of phenols is 2. The average Bonchev–Trinajstić information content (AvgIpc) is 2.61. The number of unbranched alkanes of at least 4 members (excludes halogenated alkanes) is 2. The van der Waals surface area contributed by atoms with Crippen LogP contribution in [-0.4, -0.2) is 23.3 Å². The highest BCUT2D eigenvalue weighted by molar-refractivity contribution is 5.95. The Bertz CT molecular complexity index is 783. The van der Waals surface area contributed by atoms with Gasteiger partial charge in [0.05, 0.1) is 7.11 Å². The first-order valence-corrected chi connectivity index (χ1v) is 9.43. The maximum atomic E-state index is 12.8. The van der Waals surface area contributed by atoms with Crippen molar-refractivity contribution in [2.75, 3.05) is 7.11 Å². The molecule has 5 heteroatoms. The van der Waals surface area contributed by atoms with Crippen molar-refractivity contribution >= 4 is 5.97 Å². The number of rotatable bonds is 9. The number of aryl methyl sites for hydroxylation is 2. The van der Waals surface area contributed by atoms with Gasteiger partial charge in [0.25, 0.3) is 0 Å². The Morgan fingerprint density at radius 2 is 1.67 bits per heavy atom. The highest BCUT2D eigenvalue weighted by atomic mass is 16.5. The zero-order chi connectivity index (χ0) is 19.8. The molecule has 2 N–H and O–H groups in total. The van der Waals surface area contributed by atoms with Crippen LogP contribution in [0.1, 0.15) is 61.0 Å². The number of carbonyl (C=O) groups is 1. The third-order valence-corrected chi connectivity index (χ3v) is 4.36. The van der Waals surface area contributed by atoms with Crippen molar-refractivity contribution in [3.63, 3.8) is 0 Å². The lowest BCUT2D eigenvalue weighted by atomic mass is 10.00. The molecule has 0 unspecified atom stereocenters. The van der Waals surface area contributed by atoms with E-state index in [0.717, 1.165) is 43.7 Å². The van der Waals surface area contributed by atoms with Crippen LogP contribution in [0.25, 0.3) is 0 Å². The number of hydrogen-bond donors (Lipinski definition) is 2. The maximum absolute atomic E-state index is 12.8. The largest absolute Gasteiger partial charge is 0.508 e. The molecule has 0 radical (unpaired) electrons. The molecule has 27 heavy (non-hydrogen) atoms. The molecule has 0 aliphatic heterocycles. The Balaban J connectivity index is 2.31. The number of phenolic OH excluding ortho intramolecular Hbond substituents is 2. The number of carbonyl (C=O) groups excluding carboxylic acids is 1. The van der Waals surface area contributed by atoms with Crippen molar-refractivity contribution in [2.24, 2.45) is 0 Å². The molecule has 0 fully saturated rings. The molecule has 0 aliphatic carbocycles. The molecule has 0 spiro atoms. The molecule has 146 valence electrons. The first kappa shape index (κ1) is 20.6. The summed E-state index contributed by atoms with van der Waals surface area (Å²) < 4.78 is 10.8. The highest BCUT2D eigenvalue weighted by Gasteiger charge is 2.20. The second-order valence-electron chi connectivity index (χ2n) is 6.61. The fraction of sp³-hybridized carbons (Fsp3) is 0.409. The summed E-state index contributed by atoms with van der Waals surface area (Å²) in [7, 11) is 1.56. The number of benzene rings is 2. The van der Waals surface area contributed by atoms with E-state index in [1.54, 1.807) is 19.2 Å². The molecule has 0 amide bonds. The SMILES string of the molecule is CCCCCc1cc(O)cc(O)c1C(=O)Oc1cc(CCC)cc(OC)c1. The summed E-state index contributed by atoms with van der Waals surface area (Å²) in [5, 5.41) is 20.0. The summed E-state index contributed by atoms with van der Waals surface area (Å²) in [5.41, 5.74) is 1.70. The quantitative estimate of drug-likeness (QED) is 0.368. The van der Waals surface area contributed by atoms with Gasteiger partial charge in [-0.05, 0) is 48.6 Å². The minimum absolute atomic E-state index is 0.0674. The molecule has 0 bridgehead atoms. The Labute approximate surface area is 160 Å². The zero-order valence-corrected chi connectivity index (χ0v) is 16.2. The fourth-order valence-electron chi connectivity index (χ4n) is 3.07. The van der Waals surface area contributed by atoms with Gasteiger partial charge in [-0.25, -0.2) is 4.79 Å². The lowest BCUT2D eigenvalue weighted by molar-refractivity contribution is 0.0730. The minimum atomic E-state index is -0.644. The van der Waals surface area contributed by atoms with E-state index in [9.17, 15) is 15.0 Å². The van der Waals surface area contributed by atoms with Gasteiger partial charge in [0.15, 0.2) is 0 Å². The molecule has 0 saturated heterocycles. The predicted molar refractivity (Wildman–Crippen MR) is 105 cm³/mol. The van der Waals surface area contributed by atoms with E-state index >= 15 is 0 Å². The number of aromatic hydroxyl groups is 2. The Morgan fingerprint density at radius 3 is 2.33 bits per heavy atom. The molecule has 2 aromatic carbocycles. The van der Waals surface area contributed by atoms with Crippen molar-refractivity contribution < 1.29 is 24.5 Å². The molecule has 2 aromatic rings. The van der Waals surface area contributed by atoms with Gasteiger partial charge in [-0.1, -0.05) is 33.1 Å². The summed E-state index contributed by atoms with van der Waals surface area (Å²) in [4.78, 5) is 12.8. The molecule has 0 aliphatic rings. The number of ether oxygens (including phenoxy) is 2. The van der Waals surface area contributed by atoms with E-state index in [-0.39, 0.29) is 17.1 Å². The lowest BCUT2D eigenvalue weighted by Crippen LogP contribution is -2.12. The highest BCUT2D eigenvalue weighted by Crippen LogP contribution is 2.31. The first-order valence-electron chi connectivity index (χ1n) is 9.43. The summed E-state index contributed by atoms with van der Waals surface area (Å²) in [6.45, 7) is 4.16. The second-order valence-corrected chi connectivity index (χ2v) is 6.61. The summed E-state index contributed by atoms with van der Waals surface area (Å²) >= 11 is 0. The van der Waals surface area contributed by atoms with Crippen LogP contribution in [0.15, 0.2) is 30.3 Å². The van der Waals surface area contributed by atoms with Gasteiger partial charge in [0, 0.05) is 12.1 Å². The number of methoxy groups -OCH3 is 1. The Morgan fingerprint density at radius 1 is 0.926 bits per heavy atom. The minimum Gasteiger partial charge on any atom is -0.508 e. The summed E-state index contributed by atoms with van der Waals surface area (Å²) in [5.74, 6) is -0.00309. The van der Waals surface area contributed by atoms with Crippen LogP contribution >= 0.6 is 0 Å². The van der Waals surface area contributed by atoms with E-state index < -0.39 is 5.97 Å². The second kappa shape index (κ2) is 9.86. The lowest BCUT2D eigenvalue weighted by Gasteiger charge is -2.13. The standard InChI is InChI=1S/C22H28O5/c1-4-6-7-9-16-12-17(23)13-20(24)21(16)22(25)27-19-11-15(8-5-2)10-18(14-19)26-3/h10-14,23-24H,4-9H2,1-3H3. The molecule has 2 rings (SSSR count). The van der Waals surface area contributed by atoms with Crippen LogP contribution in [-0.2, 0) is 12.8 Å². The molecular formula is C22H28O5. The normalized spacial score (nSPS) is 10.6. The summed E-state index contributed by atoms with van der Waals surface area (Å²) in [6.07, 6.45) is 5.28. The zero-order valence-electron chi connectivity index (χ0n) is 16.2. The molecular weight excluding hydrogens is 344 g/mol. The average molecular weight is 372 g/mol. The van der Waals surface area contributed by atoms with Gasteiger partial charge in [0.1, 0.15) is 28.6 Å². The Hall–Kier alpha value is -2.69. The molecule has 0 atom stereocenters. The Kier molecular flexibility index (Phi) is 7.53. The van der Waals surface area contributed by atoms with E-state index in [4.69, 9.17) is 9.47 Å². The third kappa shape index (κ3) is 5.64. The molecule has 0 saturated carbocycles. The van der Waals surface area contributed by atoms with Crippen molar-refractivity contribution in [3.8, 4) is 23.0 Å². The van der Waals surface area contributed by atoms with Crippen LogP contribution in [0, 0.1) is 0 Å². The molecule has 0 heterocycles. The van der Waals surface area contributed by atoms with Crippen LogP contribution in [0.2, 0.25) is 0 Å². The summed E-state index contributed by atoms with van der Waals surface area (Å²) in [6, 6.07) is 8.03. The molecule has 0 aromatic heterocycles. The number of esters is 1. The smallest absolute Gasteiger partial charge is 0.347 e. The van der Waals surface area contributed by atoms with Crippen molar-refractivity contribution in [1.82, 2.24) is 0 Å². The van der Waals surface area contributed by atoms with Gasteiger partial charge >= 0.3 is 5.97 Å². The monoisotopic (exact) mass is 372 g/mol. The van der Waals surface area contributed by atoms with E-state index in [0.29, 0.717) is 23.5 Å². The van der Waals surface area contributed by atoms with Crippen LogP contribution < -0.4 is 9.47 Å². The van der Waals surface area contributed by atoms with Gasteiger partial charge in [-0.15, -0.1) is 0 Å². The van der Waals surface area contributed by atoms with Crippen molar-refractivity contribution in [2.45, 2.75) is 52.4 Å². The van der Waals surface area contributed by atoms with Gasteiger partial charge in [0.2, 0.25) is 0 Å². The predicted octanol–water partition coefficient (Wildman–Crippen LogP) is 5.01. The van der Waals surface area contributed by atoms with E-state index in [1.807, 2.05) is 6.07 Å². The topological polar surface area (TPSA) is 76.0 Å². The van der Waals surface area contributed by atoms with Gasteiger partial charge < -0.3 is 19.7 Å². The van der Waals surface area contributed by atoms with Crippen LogP contribution in [0.4, 0.5) is 0 Å². The van der Waals surface area contributed by atoms with E-state index in [2.05, 4.69) is 13.8 Å². The fourth-order valence-corrected chi connectivity index (χ4v) is 3.07. The van der Waals surface area contributed by atoms with Crippen LogP contribution in [0.5, 0.6) is 23.0 Å². The third-order valence-electron chi connectivity index (χ3n) is 4.36. The van der Waals surface area contributed by atoms with Crippen molar-refractivity contribution in [3.05, 3.63) is 47.0 Å². The number of hydrogen-bond acceptors (Lipinski definition) is 5. The first-order chi connectivity index (χ1) is 13.0.